The van der Waals surface area contributed by atoms with Gasteiger partial charge in [-0.15, -0.1) is 11.3 Å². The highest BCUT2D eigenvalue weighted by molar-refractivity contribution is 7.12. The van der Waals surface area contributed by atoms with Gasteiger partial charge in [0.2, 0.25) is 5.91 Å². The largest absolute Gasteiger partial charge is 0.465 e. The summed E-state index contributed by atoms with van der Waals surface area (Å²) in [5, 5.41) is 7.88. The summed E-state index contributed by atoms with van der Waals surface area (Å²) in [5.74, 6) is -0.489. The average molecular weight is 282 g/mol. The number of hydrogen-bond acceptors (Lipinski definition) is 5. The molecule has 104 valence electrons. The van der Waals surface area contributed by atoms with Crippen LogP contribution in [0.25, 0.3) is 0 Å². The van der Waals surface area contributed by atoms with Gasteiger partial charge in [0.15, 0.2) is 0 Å². The second-order valence-electron chi connectivity index (χ2n) is 4.61. The number of ether oxygens (including phenoxy) is 1. The fourth-order valence-corrected chi connectivity index (χ4v) is 3.05. The summed E-state index contributed by atoms with van der Waals surface area (Å²) in [6, 6.07) is -0.168. The lowest BCUT2D eigenvalue weighted by molar-refractivity contribution is -0.118. The van der Waals surface area contributed by atoms with Crippen LogP contribution in [0, 0.1) is 6.92 Å². The molecule has 2 rings (SSSR count). The molecule has 2 heterocycles. The van der Waals surface area contributed by atoms with E-state index in [0.29, 0.717) is 10.6 Å². The fraction of sp³-hybridized carbons (Fsp3) is 0.538. The quantitative estimate of drug-likeness (QED) is 0.831. The molecule has 1 atom stereocenters. The molecule has 19 heavy (non-hydrogen) atoms. The summed E-state index contributed by atoms with van der Waals surface area (Å²) in [7, 11) is 1.34. The van der Waals surface area contributed by atoms with Crippen LogP contribution in [0.1, 0.15) is 34.5 Å². The Balaban J connectivity index is 2.11. The van der Waals surface area contributed by atoms with E-state index in [1.165, 1.54) is 18.4 Å². The molecule has 0 radical (unpaired) electrons. The molecule has 6 heteroatoms. The number of nitrogens with one attached hydrogen (secondary N) is 2. The van der Waals surface area contributed by atoms with Crippen molar-refractivity contribution in [3.8, 4) is 0 Å². The molecule has 1 aromatic heterocycles. The van der Waals surface area contributed by atoms with Crippen molar-refractivity contribution >= 4 is 28.9 Å². The Morgan fingerprint density at radius 2 is 2.26 bits per heavy atom. The number of esters is 1. The highest BCUT2D eigenvalue weighted by Crippen LogP contribution is 2.28. The molecule has 1 aliphatic heterocycles. The summed E-state index contributed by atoms with van der Waals surface area (Å²) < 4.78 is 4.72. The lowest BCUT2D eigenvalue weighted by Crippen LogP contribution is -2.43. The van der Waals surface area contributed by atoms with Gasteiger partial charge in [0, 0.05) is 0 Å². The average Bonchev–Trinajstić information content (AvgIpc) is 2.80. The first-order chi connectivity index (χ1) is 9.13. The van der Waals surface area contributed by atoms with E-state index in [4.69, 9.17) is 4.74 Å². The number of amides is 1. The van der Waals surface area contributed by atoms with Gasteiger partial charge in [-0.2, -0.15) is 0 Å². The normalized spacial score (nSPS) is 18.9. The molecule has 1 aromatic rings. The molecule has 2 N–H and O–H groups in total. The number of anilines is 1. The van der Waals surface area contributed by atoms with Gasteiger partial charge in [0.05, 0.1) is 18.8 Å². The number of thiophene rings is 1. The zero-order chi connectivity index (χ0) is 13.8. The van der Waals surface area contributed by atoms with Crippen molar-refractivity contribution in [1.29, 1.82) is 0 Å². The topological polar surface area (TPSA) is 67.4 Å². The molecule has 1 unspecified atom stereocenters. The zero-order valence-electron chi connectivity index (χ0n) is 11.1. The molecule has 1 amide bonds. The molecule has 1 fully saturated rings. The van der Waals surface area contributed by atoms with Crippen molar-refractivity contribution in [3.05, 3.63) is 15.8 Å². The van der Waals surface area contributed by atoms with E-state index in [-0.39, 0.29) is 11.9 Å². The Morgan fingerprint density at radius 1 is 1.47 bits per heavy atom. The van der Waals surface area contributed by atoms with Crippen LogP contribution in [-0.4, -0.2) is 31.6 Å². The third-order valence-corrected chi connectivity index (χ3v) is 4.30. The molecule has 0 saturated carbocycles. The van der Waals surface area contributed by atoms with Crippen LogP contribution in [-0.2, 0) is 9.53 Å². The SMILES string of the molecule is COC(=O)c1scc(C)c1NC(=O)C1CCCCN1. The molecule has 0 spiro atoms. The Hall–Kier alpha value is -1.40. The van der Waals surface area contributed by atoms with E-state index in [0.717, 1.165) is 31.4 Å². The summed E-state index contributed by atoms with van der Waals surface area (Å²) >= 11 is 1.29. The summed E-state index contributed by atoms with van der Waals surface area (Å²) in [4.78, 5) is 24.2. The predicted octanol–water partition coefficient (Wildman–Crippen LogP) is 1.92. The molecular formula is C13H18N2O3S. The second-order valence-corrected chi connectivity index (χ2v) is 5.49. The third-order valence-electron chi connectivity index (χ3n) is 3.22. The molecular weight excluding hydrogens is 264 g/mol. The van der Waals surface area contributed by atoms with E-state index in [2.05, 4.69) is 10.6 Å². The molecule has 1 saturated heterocycles. The summed E-state index contributed by atoms with van der Waals surface area (Å²) in [6.45, 7) is 2.73. The number of aryl methyl sites for hydroxylation is 1. The van der Waals surface area contributed by atoms with Gasteiger partial charge in [-0.1, -0.05) is 6.42 Å². The Morgan fingerprint density at radius 3 is 2.89 bits per heavy atom. The summed E-state index contributed by atoms with van der Waals surface area (Å²) in [5.41, 5.74) is 1.46. The molecule has 0 aromatic carbocycles. The maximum Gasteiger partial charge on any atom is 0.350 e. The smallest absolute Gasteiger partial charge is 0.350 e. The van der Waals surface area contributed by atoms with Crippen molar-refractivity contribution in [2.24, 2.45) is 0 Å². The van der Waals surface area contributed by atoms with Gasteiger partial charge in [0.1, 0.15) is 4.88 Å². The maximum atomic E-state index is 12.2. The van der Waals surface area contributed by atoms with Crippen molar-refractivity contribution in [1.82, 2.24) is 5.32 Å². The van der Waals surface area contributed by atoms with Crippen molar-refractivity contribution < 1.29 is 14.3 Å². The van der Waals surface area contributed by atoms with Crippen LogP contribution in [0.4, 0.5) is 5.69 Å². The van der Waals surface area contributed by atoms with Gasteiger partial charge < -0.3 is 15.4 Å². The minimum atomic E-state index is -0.412. The summed E-state index contributed by atoms with van der Waals surface area (Å²) in [6.07, 6.45) is 2.99. The van der Waals surface area contributed by atoms with Gasteiger partial charge in [-0.3, -0.25) is 4.79 Å². The Bertz CT molecular complexity index is 478. The predicted molar refractivity (Wildman–Crippen MR) is 74.7 cm³/mol. The van der Waals surface area contributed by atoms with E-state index < -0.39 is 5.97 Å². The van der Waals surface area contributed by atoms with Crippen LogP contribution in [0.5, 0.6) is 0 Å². The van der Waals surface area contributed by atoms with Crippen LogP contribution < -0.4 is 10.6 Å². The number of methoxy groups -OCH3 is 1. The van der Waals surface area contributed by atoms with Crippen molar-refractivity contribution in [3.63, 3.8) is 0 Å². The number of carbonyl (C=O) groups excluding carboxylic acids is 2. The number of piperidine rings is 1. The van der Waals surface area contributed by atoms with E-state index in [1.807, 2.05) is 12.3 Å². The second kappa shape index (κ2) is 6.16. The maximum absolute atomic E-state index is 12.2. The highest BCUT2D eigenvalue weighted by Gasteiger charge is 2.24. The number of carbonyl (C=O) groups is 2. The van der Waals surface area contributed by atoms with Crippen LogP contribution >= 0.6 is 11.3 Å². The molecule has 0 bridgehead atoms. The first-order valence-corrected chi connectivity index (χ1v) is 7.22. The highest BCUT2D eigenvalue weighted by atomic mass is 32.1. The lowest BCUT2D eigenvalue weighted by atomic mass is 10.0. The molecule has 1 aliphatic rings. The zero-order valence-corrected chi connectivity index (χ0v) is 11.9. The lowest BCUT2D eigenvalue weighted by Gasteiger charge is -2.22. The van der Waals surface area contributed by atoms with Crippen molar-refractivity contribution in [2.45, 2.75) is 32.2 Å². The minimum absolute atomic E-state index is 0.0775. The monoisotopic (exact) mass is 282 g/mol. The van der Waals surface area contributed by atoms with E-state index in [9.17, 15) is 9.59 Å². The van der Waals surface area contributed by atoms with Crippen LogP contribution in [0.15, 0.2) is 5.38 Å². The van der Waals surface area contributed by atoms with Gasteiger partial charge in [0.25, 0.3) is 0 Å². The third kappa shape index (κ3) is 3.13. The van der Waals surface area contributed by atoms with Crippen LogP contribution in [0.2, 0.25) is 0 Å². The fourth-order valence-electron chi connectivity index (χ4n) is 2.13. The van der Waals surface area contributed by atoms with Crippen molar-refractivity contribution in [2.75, 3.05) is 19.0 Å². The van der Waals surface area contributed by atoms with Crippen LogP contribution in [0.3, 0.4) is 0 Å². The number of rotatable bonds is 3. The number of hydrogen-bond donors (Lipinski definition) is 2. The van der Waals surface area contributed by atoms with E-state index in [1.54, 1.807) is 0 Å². The standard InChI is InChI=1S/C13H18N2O3S/c1-8-7-19-11(13(17)18-2)10(8)15-12(16)9-5-3-4-6-14-9/h7,9,14H,3-6H2,1-2H3,(H,15,16). The van der Waals surface area contributed by atoms with Gasteiger partial charge >= 0.3 is 5.97 Å². The molecule has 0 aliphatic carbocycles. The Labute approximate surface area is 116 Å². The van der Waals surface area contributed by atoms with Gasteiger partial charge in [-0.05, 0) is 37.3 Å². The minimum Gasteiger partial charge on any atom is -0.465 e. The first kappa shape index (κ1) is 14.0. The first-order valence-electron chi connectivity index (χ1n) is 6.34. The Kier molecular flexibility index (Phi) is 4.55. The molecule has 5 nitrogen and oxygen atoms in total. The van der Waals surface area contributed by atoms with Gasteiger partial charge in [-0.25, -0.2) is 4.79 Å². The van der Waals surface area contributed by atoms with E-state index >= 15 is 0 Å².